The molecule has 2 fully saturated rings. The van der Waals surface area contributed by atoms with E-state index in [2.05, 4.69) is 10.1 Å². The van der Waals surface area contributed by atoms with Gasteiger partial charge >= 0.3 is 17.9 Å². The Labute approximate surface area is 283 Å². The van der Waals surface area contributed by atoms with Crippen molar-refractivity contribution in [1.82, 2.24) is 10.1 Å². The number of esters is 2. The largest absolute Gasteiger partial charge is 0.481 e. The van der Waals surface area contributed by atoms with E-state index in [0.29, 0.717) is 24.7 Å². The van der Waals surface area contributed by atoms with Crippen LogP contribution in [0.1, 0.15) is 175 Å². The second-order valence-corrected chi connectivity index (χ2v) is 15.7. The SMILES string of the molecule is CC(C)(C)OC(=O)C[C@@H](CCCC1CCCCC1)C(=O)O.COCc1noc([C@H](CCCC2CCCCC2)CC(=O)OC(C)(C)C)n1. The Morgan fingerprint density at radius 2 is 1.28 bits per heavy atom. The number of nitrogens with zero attached hydrogens (tertiary/aromatic N) is 2. The predicted octanol–water partition coefficient (Wildman–Crippen LogP) is 8.95. The quantitative estimate of drug-likeness (QED) is 0.170. The van der Waals surface area contributed by atoms with Crippen molar-refractivity contribution in [2.45, 2.75) is 181 Å². The molecule has 1 N–H and O–H groups in total. The van der Waals surface area contributed by atoms with Gasteiger partial charge in [0.25, 0.3) is 0 Å². The molecule has 0 unspecified atom stereocenters. The van der Waals surface area contributed by atoms with Crippen molar-refractivity contribution in [2.75, 3.05) is 7.11 Å². The molecule has 0 saturated heterocycles. The zero-order valence-corrected chi connectivity index (χ0v) is 30.4. The van der Waals surface area contributed by atoms with E-state index in [4.69, 9.17) is 18.7 Å². The Morgan fingerprint density at radius 3 is 1.74 bits per heavy atom. The third-order valence-corrected chi connectivity index (χ3v) is 8.90. The summed E-state index contributed by atoms with van der Waals surface area (Å²) in [6.45, 7) is 11.3. The molecular weight excluding hydrogens is 600 g/mol. The number of ether oxygens (including phenoxy) is 3. The van der Waals surface area contributed by atoms with Crippen molar-refractivity contribution >= 4 is 17.9 Å². The summed E-state index contributed by atoms with van der Waals surface area (Å²) in [5.41, 5.74) is -1.04. The molecule has 0 spiro atoms. The van der Waals surface area contributed by atoms with Gasteiger partial charge in [-0.05, 0) is 66.2 Å². The molecule has 1 aromatic heterocycles. The maximum absolute atomic E-state index is 12.3. The number of hydrogen-bond acceptors (Lipinski definition) is 9. The number of hydrogen-bond donors (Lipinski definition) is 1. The standard InChI is InChI=1S/C20H34N2O4.C17H30O4/c1-20(2,3)25-18(23)13-16(19-21-17(14-24-4)22-26-19)12-8-11-15-9-6-5-7-10-15;1-17(2,3)21-15(18)12-14(16(19)20)11-7-10-13-8-5-4-6-9-13/h15-16H,5-14H2,1-4H3;13-14H,4-12H2,1-3H3,(H,19,20)/t16-;14-/m11/s1. The molecule has 1 heterocycles. The van der Waals surface area contributed by atoms with Crippen LogP contribution in [0.25, 0.3) is 0 Å². The van der Waals surface area contributed by atoms with E-state index in [9.17, 15) is 19.5 Å². The van der Waals surface area contributed by atoms with Gasteiger partial charge in [-0.3, -0.25) is 14.4 Å². The molecule has 0 radical (unpaired) electrons. The number of carboxylic acids is 1. The molecule has 10 nitrogen and oxygen atoms in total. The predicted molar refractivity (Wildman–Crippen MR) is 181 cm³/mol. The molecule has 0 bridgehead atoms. The normalized spacial score (nSPS) is 17.7. The summed E-state index contributed by atoms with van der Waals surface area (Å²) in [5.74, 6) is 0.418. The van der Waals surface area contributed by atoms with Crippen LogP contribution in [0.5, 0.6) is 0 Å². The lowest BCUT2D eigenvalue weighted by molar-refractivity contribution is -0.160. The molecule has 2 saturated carbocycles. The van der Waals surface area contributed by atoms with E-state index in [0.717, 1.165) is 37.5 Å². The monoisotopic (exact) mass is 664 g/mol. The van der Waals surface area contributed by atoms with Crippen LogP contribution in [0.3, 0.4) is 0 Å². The summed E-state index contributed by atoms with van der Waals surface area (Å²) in [6, 6.07) is 0. The average molecular weight is 665 g/mol. The molecule has 1 aromatic rings. The van der Waals surface area contributed by atoms with Crippen molar-refractivity contribution in [3.63, 3.8) is 0 Å². The van der Waals surface area contributed by atoms with Gasteiger partial charge in [0.15, 0.2) is 5.82 Å². The van der Waals surface area contributed by atoms with Crippen LogP contribution in [0.4, 0.5) is 0 Å². The molecule has 0 aromatic carbocycles. The highest BCUT2D eigenvalue weighted by molar-refractivity contribution is 5.78. The molecule has 3 rings (SSSR count). The molecule has 2 aliphatic carbocycles. The van der Waals surface area contributed by atoms with Crippen molar-refractivity contribution in [1.29, 1.82) is 0 Å². The second kappa shape index (κ2) is 20.8. The summed E-state index contributed by atoms with van der Waals surface area (Å²) in [7, 11) is 1.60. The Bertz CT molecular complexity index is 1050. The van der Waals surface area contributed by atoms with E-state index in [1.54, 1.807) is 27.9 Å². The summed E-state index contributed by atoms with van der Waals surface area (Å²) in [5, 5.41) is 13.2. The average Bonchev–Trinajstić information content (AvgIpc) is 3.44. The van der Waals surface area contributed by atoms with Gasteiger partial charge in [0.2, 0.25) is 5.89 Å². The Morgan fingerprint density at radius 1 is 0.787 bits per heavy atom. The first kappa shape index (κ1) is 40.7. The van der Waals surface area contributed by atoms with Gasteiger partial charge in [-0.25, -0.2) is 0 Å². The number of carbonyl (C=O) groups excluding carboxylic acids is 2. The first-order valence-corrected chi connectivity index (χ1v) is 18.1. The van der Waals surface area contributed by atoms with E-state index < -0.39 is 29.1 Å². The molecule has 270 valence electrons. The van der Waals surface area contributed by atoms with Crippen molar-refractivity contribution < 1.29 is 38.2 Å². The highest BCUT2D eigenvalue weighted by atomic mass is 16.6. The van der Waals surface area contributed by atoms with Crippen LogP contribution < -0.4 is 0 Å². The van der Waals surface area contributed by atoms with Crippen molar-refractivity contribution in [3.05, 3.63) is 11.7 Å². The third-order valence-electron chi connectivity index (χ3n) is 8.90. The highest BCUT2D eigenvalue weighted by Crippen LogP contribution is 2.32. The Kier molecular flexibility index (Phi) is 18.0. The fourth-order valence-electron chi connectivity index (χ4n) is 6.67. The lowest BCUT2D eigenvalue weighted by Gasteiger charge is -2.23. The highest BCUT2D eigenvalue weighted by Gasteiger charge is 2.27. The van der Waals surface area contributed by atoms with Gasteiger partial charge in [-0.2, -0.15) is 4.98 Å². The van der Waals surface area contributed by atoms with Crippen LogP contribution in [-0.4, -0.2) is 51.5 Å². The number of rotatable bonds is 16. The molecule has 0 amide bonds. The number of carbonyl (C=O) groups is 3. The molecule has 0 aliphatic heterocycles. The third kappa shape index (κ3) is 18.6. The van der Waals surface area contributed by atoms with Crippen LogP contribution in [0, 0.1) is 17.8 Å². The topological polar surface area (TPSA) is 138 Å². The van der Waals surface area contributed by atoms with Crippen molar-refractivity contribution in [2.24, 2.45) is 17.8 Å². The Balaban J connectivity index is 0.000000335. The van der Waals surface area contributed by atoms with Gasteiger partial charge in [0.1, 0.15) is 17.8 Å². The second-order valence-electron chi connectivity index (χ2n) is 15.7. The Hall–Kier alpha value is -2.49. The summed E-state index contributed by atoms with van der Waals surface area (Å²) in [6.07, 6.45) is 19.3. The summed E-state index contributed by atoms with van der Waals surface area (Å²) in [4.78, 5) is 39.7. The minimum absolute atomic E-state index is 0.0166. The van der Waals surface area contributed by atoms with E-state index in [-0.39, 0.29) is 24.7 Å². The molecule has 2 aliphatic rings. The molecule has 2 atom stereocenters. The van der Waals surface area contributed by atoms with Crippen LogP contribution >= 0.6 is 0 Å². The minimum atomic E-state index is -0.885. The first-order valence-electron chi connectivity index (χ1n) is 18.1. The van der Waals surface area contributed by atoms with Gasteiger partial charge in [-0.15, -0.1) is 0 Å². The number of carboxylic acid groups (broad SMARTS) is 1. The molecular formula is C37H64N2O8. The molecule has 10 heteroatoms. The fraction of sp³-hybridized carbons (Fsp3) is 0.865. The lowest BCUT2D eigenvalue weighted by atomic mass is 9.84. The van der Waals surface area contributed by atoms with E-state index >= 15 is 0 Å². The summed E-state index contributed by atoms with van der Waals surface area (Å²) < 4.78 is 21.2. The molecule has 47 heavy (non-hydrogen) atoms. The van der Waals surface area contributed by atoms with Gasteiger partial charge in [-0.1, -0.05) is 95.0 Å². The van der Waals surface area contributed by atoms with Gasteiger partial charge < -0.3 is 23.8 Å². The van der Waals surface area contributed by atoms with Crippen LogP contribution in [0.2, 0.25) is 0 Å². The zero-order chi connectivity index (χ0) is 34.9. The fourth-order valence-corrected chi connectivity index (χ4v) is 6.67. The van der Waals surface area contributed by atoms with Gasteiger partial charge in [0, 0.05) is 13.0 Å². The van der Waals surface area contributed by atoms with E-state index in [1.807, 2.05) is 20.8 Å². The summed E-state index contributed by atoms with van der Waals surface area (Å²) >= 11 is 0. The first-order chi connectivity index (χ1) is 22.1. The maximum Gasteiger partial charge on any atom is 0.307 e. The number of aliphatic carboxylic acids is 1. The van der Waals surface area contributed by atoms with Gasteiger partial charge in [0.05, 0.1) is 18.8 Å². The minimum Gasteiger partial charge on any atom is -0.481 e. The smallest absolute Gasteiger partial charge is 0.307 e. The number of methoxy groups -OCH3 is 1. The van der Waals surface area contributed by atoms with Crippen LogP contribution in [-0.2, 0) is 35.2 Å². The number of aromatic nitrogens is 2. The lowest BCUT2D eigenvalue weighted by Crippen LogP contribution is -2.27. The van der Waals surface area contributed by atoms with Crippen LogP contribution in [0.15, 0.2) is 4.52 Å². The zero-order valence-electron chi connectivity index (χ0n) is 30.4. The maximum atomic E-state index is 12.3. The van der Waals surface area contributed by atoms with E-state index in [1.165, 1.54) is 70.6 Å². The van der Waals surface area contributed by atoms with Crippen molar-refractivity contribution in [3.8, 4) is 0 Å².